The Labute approximate surface area is 114 Å². The molecule has 0 aliphatic rings. The smallest absolute Gasteiger partial charge is 0.323 e. The largest absolute Gasteiger partial charge is 0.480 e. The average molecular weight is 285 g/mol. The first-order valence-electron chi connectivity index (χ1n) is 5.61. The molecular weight excluding hydrogens is 270 g/mol. The molecule has 0 fully saturated rings. The van der Waals surface area contributed by atoms with E-state index in [0.717, 1.165) is 4.90 Å². The van der Waals surface area contributed by atoms with Crippen LogP contribution < -0.4 is 0 Å². The molecule has 0 aromatic carbocycles. The summed E-state index contributed by atoms with van der Waals surface area (Å²) in [7, 11) is 1.41. The molecule has 1 heterocycles. The average Bonchev–Trinajstić information content (AvgIpc) is 2.71. The highest BCUT2D eigenvalue weighted by Gasteiger charge is 2.23. The molecule has 0 aliphatic carbocycles. The fourth-order valence-corrected chi connectivity index (χ4v) is 1.50. The molecule has 110 valence electrons. The summed E-state index contributed by atoms with van der Waals surface area (Å²) in [5, 5.41) is 23.8. The van der Waals surface area contributed by atoms with Crippen molar-refractivity contribution in [2.45, 2.75) is 13.5 Å². The molecule has 0 saturated heterocycles. The van der Waals surface area contributed by atoms with Gasteiger partial charge in [-0.05, 0) is 6.92 Å². The van der Waals surface area contributed by atoms with Gasteiger partial charge in [0.15, 0.2) is 5.82 Å². The molecule has 0 atom stereocenters. The molecule has 0 saturated carbocycles. The van der Waals surface area contributed by atoms with Crippen LogP contribution in [0, 0.1) is 6.92 Å². The van der Waals surface area contributed by atoms with Crippen LogP contribution >= 0.6 is 0 Å². The SMILES string of the molecule is Cc1nc(CN(C)C(=O)N(CC(=O)O)CC(=O)O)n[nH]1. The van der Waals surface area contributed by atoms with Gasteiger partial charge in [-0.2, -0.15) is 5.10 Å². The van der Waals surface area contributed by atoms with Crippen molar-refractivity contribution in [3.05, 3.63) is 11.6 Å². The van der Waals surface area contributed by atoms with Gasteiger partial charge in [-0.3, -0.25) is 14.7 Å². The van der Waals surface area contributed by atoms with Crippen molar-refractivity contribution in [1.82, 2.24) is 25.0 Å². The third kappa shape index (κ3) is 4.55. The summed E-state index contributed by atoms with van der Waals surface area (Å²) in [5.74, 6) is -1.65. The van der Waals surface area contributed by atoms with Crippen LogP contribution in [0.15, 0.2) is 0 Å². The van der Waals surface area contributed by atoms with Crippen LogP contribution in [0.25, 0.3) is 0 Å². The molecule has 3 N–H and O–H groups in total. The Kier molecular flexibility index (Phi) is 5.01. The zero-order valence-electron chi connectivity index (χ0n) is 11.0. The monoisotopic (exact) mass is 285 g/mol. The molecule has 2 amide bonds. The molecule has 1 aromatic rings. The molecular formula is C10H15N5O5. The molecule has 1 aromatic heterocycles. The number of aromatic amines is 1. The maximum atomic E-state index is 12.0. The second kappa shape index (κ2) is 6.50. The number of carboxylic acid groups (broad SMARTS) is 2. The Hall–Kier alpha value is -2.65. The van der Waals surface area contributed by atoms with E-state index in [1.165, 1.54) is 7.05 Å². The van der Waals surface area contributed by atoms with Gasteiger partial charge in [-0.1, -0.05) is 0 Å². The number of rotatable bonds is 6. The molecule has 10 heteroatoms. The topological polar surface area (TPSA) is 140 Å². The number of nitrogens with zero attached hydrogens (tertiary/aromatic N) is 4. The van der Waals surface area contributed by atoms with Crippen LogP contribution in [0.4, 0.5) is 4.79 Å². The standard InChI is InChI=1S/C10H15N5O5/c1-6-11-7(13-12-6)3-14(2)10(20)15(4-8(16)17)5-9(18)19/h3-5H2,1-2H3,(H,16,17)(H,18,19)(H,11,12,13). The van der Waals surface area contributed by atoms with Gasteiger partial charge in [0.2, 0.25) is 0 Å². The third-order valence-corrected chi connectivity index (χ3v) is 2.27. The van der Waals surface area contributed by atoms with Gasteiger partial charge in [-0.25, -0.2) is 9.78 Å². The van der Waals surface area contributed by atoms with Gasteiger partial charge >= 0.3 is 18.0 Å². The Bertz CT molecular complexity index is 498. The van der Waals surface area contributed by atoms with Gasteiger partial charge in [0.25, 0.3) is 0 Å². The van der Waals surface area contributed by atoms with Gasteiger partial charge in [0.1, 0.15) is 18.9 Å². The normalized spacial score (nSPS) is 10.1. The minimum atomic E-state index is -1.29. The quantitative estimate of drug-likeness (QED) is 0.617. The van der Waals surface area contributed by atoms with Crippen LogP contribution in [-0.2, 0) is 16.1 Å². The molecule has 20 heavy (non-hydrogen) atoms. The lowest BCUT2D eigenvalue weighted by molar-refractivity contribution is -0.140. The number of H-pyrrole nitrogens is 1. The van der Waals surface area contributed by atoms with E-state index in [4.69, 9.17) is 10.2 Å². The molecule has 0 bridgehead atoms. The number of aromatic nitrogens is 3. The third-order valence-electron chi connectivity index (χ3n) is 2.27. The van der Waals surface area contributed by atoms with E-state index < -0.39 is 31.1 Å². The van der Waals surface area contributed by atoms with E-state index in [1.54, 1.807) is 6.92 Å². The summed E-state index contributed by atoms with van der Waals surface area (Å²) in [6.07, 6.45) is 0. The molecule has 0 spiro atoms. The summed E-state index contributed by atoms with van der Waals surface area (Å²) < 4.78 is 0. The molecule has 1 rings (SSSR count). The number of aliphatic carboxylic acids is 2. The lowest BCUT2D eigenvalue weighted by Gasteiger charge is -2.24. The number of amides is 2. The minimum absolute atomic E-state index is 0.0406. The predicted molar refractivity (Wildman–Crippen MR) is 64.8 cm³/mol. The van der Waals surface area contributed by atoms with Crippen LogP contribution in [0.5, 0.6) is 0 Å². The zero-order chi connectivity index (χ0) is 15.3. The van der Waals surface area contributed by atoms with Crippen LogP contribution in [0.2, 0.25) is 0 Å². The summed E-state index contributed by atoms with van der Waals surface area (Å²) >= 11 is 0. The highest BCUT2D eigenvalue weighted by atomic mass is 16.4. The summed E-state index contributed by atoms with van der Waals surface area (Å²) in [5.41, 5.74) is 0. The Morgan fingerprint density at radius 2 is 1.75 bits per heavy atom. The number of carboxylic acids is 2. The van der Waals surface area contributed by atoms with Crippen molar-refractivity contribution in [3.8, 4) is 0 Å². The van der Waals surface area contributed by atoms with Crippen molar-refractivity contribution in [2.24, 2.45) is 0 Å². The van der Waals surface area contributed by atoms with Crippen LogP contribution in [-0.4, -0.2) is 73.3 Å². The van der Waals surface area contributed by atoms with Crippen molar-refractivity contribution >= 4 is 18.0 Å². The number of hydrogen-bond acceptors (Lipinski definition) is 5. The van der Waals surface area contributed by atoms with Crippen molar-refractivity contribution < 1.29 is 24.6 Å². The highest BCUT2D eigenvalue weighted by molar-refractivity contribution is 5.83. The maximum Gasteiger partial charge on any atom is 0.323 e. The van der Waals surface area contributed by atoms with Crippen molar-refractivity contribution in [3.63, 3.8) is 0 Å². The first-order chi connectivity index (χ1) is 9.29. The fraction of sp³-hybridized carbons (Fsp3) is 0.500. The predicted octanol–water partition coefficient (Wildman–Crippen LogP) is -0.864. The Balaban J connectivity index is 2.71. The molecule has 0 unspecified atom stereocenters. The lowest BCUT2D eigenvalue weighted by Crippen LogP contribution is -2.45. The number of nitrogens with one attached hydrogen (secondary N) is 1. The maximum absolute atomic E-state index is 12.0. The van der Waals surface area contributed by atoms with E-state index in [-0.39, 0.29) is 6.54 Å². The molecule has 0 aliphatic heterocycles. The summed E-state index contributed by atoms with van der Waals surface area (Å²) in [6, 6.07) is -0.725. The van der Waals surface area contributed by atoms with E-state index >= 15 is 0 Å². The van der Waals surface area contributed by atoms with Gasteiger partial charge in [0.05, 0.1) is 6.54 Å². The number of hydrogen-bond donors (Lipinski definition) is 3. The van der Waals surface area contributed by atoms with E-state index in [1.807, 2.05) is 0 Å². The van der Waals surface area contributed by atoms with Gasteiger partial charge < -0.3 is 20.0 Å². The van der Waals surface area contributed by atoms with Crippen LogP contribution in [0.1, 0.15) is 11.6 Å². The fourth-order valence-electron chi connectivity index (χ4n) is 1.50. The van der Waals surface area contributed by atoms with E-state index in [9.17, 15) is 14.4 Å². The van der Waals surface area contributed by atoms with Gasteiger partial charge in [0, 0.05) is 7.05 Å². The van der Waals surface area contributed by atoms with Crippen molar-refractivity contribution in [2.75, 3.05) is 20.1 Å². The summed E-state index contributed by atoms with van der Waals surface area (Å²) in [6.45, 7) is 0.351. The first-order valence-corrected chi connectivity index (χ1v) is 5.61. The minimum Gasteiger partial charge on any atom is -0.480 e. The number of carbonyl (C=O) groups is 3. The Morgan fingerprint density at radius 1 is 1.20 bits per heavy atom. The van der Waals surface area contributed by atoms with E-state index in [0.29, 0.717) is 16.5 Å². The second-order valence-electron chi connectivity index (χ2n) is 4.12. The van der Waals surface area contributed by atoms with Crippen LogP contribution in [0.3, 0.4) is 0 Å². The Morgan fingerprint density at radius 3 is 2.15 bits per heavy atom. The zero-order valence-corrected chi connectivity index (χ0v) is 11.0. The van der Waals surface area contributed by atoms with Gasteiger partial charge in [-0.15, -0.1) is 0 Å². The molecule has 0 radical (unpaired) electrons. The molecule has 10 nitrogen and oxygen atoms in total. The number of aryl methyl sites for hydroxylation is 1. The van der Waals surface area contributed by atoms with Crippen molar-refractivity contribution in [1.29, 1.82) is 0 Å². The summed E-state index contributed by atoms with van der Waals surface area (Å²) in [4.78, 5) is 39.1. The number of carbonyl (C=O) groups excluding carboxylic acids is 1. The second-order valence-corrected chi connectivity index (χ2v) is 4.12. The highest BCUT2D eigenvalue weighted by Crippen LogP contribution is 2.02. The first kappa shape index (κ1) is 15.4. The van der Waals surface area contributed by atoms with E-state index in [2.05, 4.69) is 15.2 Å². The number of urea groups is 1. The lowest BCUT2D eigenvalue weighted by atomic mass is 10.4.